The van der Waals surface area contributed by atoms with Gasteiger partial charge in [0.1, 0.15) is 5.92 Å². The highest BCUT2D eigenvalue weighted by molar-refractivity contribution is 5.84. The number of carbonyl (C=O) groups is 2. The van der Waals surface area contributed by atoms with Gasteiger partial charge < -0.3 is 20.5 Å². The molecule has 2 fully saturated rings. The van der Waals surface area contributed by atoms with Crippen LogP contribution < -0.4 is 10.6 Å². The molecule has 0 aromatic heterocycles. The molecule has 3 N–H and O–H groups in total. The fourth-order valence-corrected chi connectivity index (χ4v) is 3.24. The van der Waals surface area contributed by atoms with Crippen molar-refractivity contribution < 1.29 is 19.4 Å². The van der Waals surface area contributed by atoms with Gasteiger partial charge in [-0.2, -0.15) is 0 Å². The second-order valence-electron chi connectivity index (χ2n) is 5.84. The van der Waals surface area contributed by atoms with Crippen molar-refractivity contribution in [1.29, 1.82) is 0 Å². The van der Waals surface area contributed by atoms with Crippen LogP contribution >= 0.6 is 0 Å². The number of carboxylic acids is 1. The molecule has 2 aliphatic heterocycles. The van der Waals surface area contributed by atoms with E-state index >= 15 is 0 Å². The van der Waals surface area contributed by atoms with E-state index in [0.29, 0.717) is 6.61 Å². The van der Waals surface area contributed by atoms with Gasteiger partial charge >= 0.3 is 5.97 Å². The lowest BCUT2D eigenvalue weighted by atomic mass is 9.74. The number of carboxylic acid groups (broad SMARTS) is 1. The first kappa shape index (κ1) is 15.3. The van der Waals surface area contributed by atoms with Crippen molar-refractivity contribution in [2.24, 2.45) is 11.3 Å². The van der Waals surface area contributed by atoms with Crippen molar-refractivity contribution in [3.8, 4) is 0 Å². The zero-order valence-corrected chi connectivity index (χ0v) is 12.0. The number of ether oxygens (including phenoxy) is 1. The number of carbonyl (C=O) groups excluding carboxylic acids is 1. The van der Waals surface area contributed by atoms with Gasteiger partial charge in [-0.15, -0.1) is 0 Å². The molecular formula is C14H24N2O4. The van der Waals surface area contributed by atoms with Gasteiger partial charge in [-0.05, 0) is 32.4 Å². The molecule has 6 heteroatoms. The number of hydrogen-bond acceptors (Lipinski definition) is 4. The molecule has 6 nitrogen and oxygen atoms in total. The average molecular weight is 284 g/mol. The van der Waals surface area contributed by atoms with E-state index in [9.17, 15) is 9.59 Å². The van der Waals surface area contributed by atoms with Crippen LogP contribution in [-0.2, 0) is 14.3 Å². The third-order valence-corrected chi connectivity index (χ3v) is 4.49. The van der Waals surface area contributed by atoms with Crippen molar-refractivity contribution >= 4 is 11.9 Å². The number of amides is 1. The van der Waals surface area contributed by atoms with E-state index in [-0.39, 0.29) is 17.9 Å². The minimum atomic E-state index is -0.900. The second-order valence-corrected chi connectivity index (χ2v) is 5.84. The fourth-order valence-electron chi connectivity index (χ4n) is 3.24. The molecule has 2 heterocycles. The summed E-state index contributed by atoms with van der Waals surface area (Å²) in [5.41, 5.74) is -0.342. The first-order valence-electron chi connectivity index (χ1n) is 7.41. The largest absolute Gasteiger partial charge is 0.481 e. The molecule has 2 unspecified atom stereocenters. The molecule has 2 atom stereocenters. The van der Waals surface area contributed by atoms with Gasteiger partial charge in [0.25, 0.3) is 0 Å². The zero-order valence-electron chi connectivity index (χ0n) is 12.0. The molecule has 0 radical (unpaired) electrons. The molecule has 1 amide bonds. The third kappa shape index (κ3) is 3.12. The molecule has 2 aliphatic rings. The van der Waals surface area contributed by atoms with Crippen LogP contribution in [0.5, 0.6) is 0 Å². The van der Waals surface area contributed by atoms with Gasteiger partial charge in [-0.25, -0.2) is 0 Å². The molecular weight excluding hydrogens is 260 g/mol. The van der Waals surface area contributed by atoms with Gasteiger partial charge in [-0.3, -0.25) is 9.59 Å². The Morgan fingerprint density at radius 2 is 2.05 bits per heavy atom. The van der Waals surface area contributed by atoms with E-state index < -0.39 is 17.9 Å². The Morgan fingerprint density at radius 1 is 1.35 bits per heavy atom. The fraction of sp³-hybridized carbons (Fsp3) is 0.857. The van der Waals surface area contributed by atoms with Crippen LogP contribution in [0.1, 0.15) is 32.6 Å². The standard InChI is InChI=1S/C14H24N2O4/c1-2-3-14(4-6-15-7-5-14)13(19)16-11-9-20-8-10(11)12(17)18/h10-11,15H,2-9H2,1H3,(H,16,19)(H,17,18). The SMILES string of the molecule is CCCC1(C(=O)NC2COCC2C(=O)O)CCNCC1. The quantitative estimate of drug-likeness (QED) is 0.679. The number of hydrogen-bond donors (Lipinski definition) is 3. The summed E-state index contributed by atoms with van der Waals surface area (Å²) in [6, 6.07) is -0.399. The van der Waals surface area contributed by atoms with E-state index in [1.807, 2.05) is 0 Å². The van der Waals surface area contributed by atoms with Crippen LogP contribution in [0, 0.1) is 11.3 Å². The summed E-state index contributed by atoms with van der Waals surface area (Å²) in [4.78, 5) is 23.8. The first-order chi connectivity index (χ1) is 9.59. The maximum Gasteiger partial charge on any atom is 0.311 e. The molecule has 0 spiro atoms. The minimum absolute atomic E-state index is 0.00241. The van der Waals surface area contributed by atoms with E-state index in [4.69, 9.17) is 9.84 Å². The van der Waals surface area contributed by atoms with Crippen molar-refractivity contribution in [2.45, 2.75) is 38.6 Å². The molecule has 0 aromatic carbocycles. The van der Waals surface area contributed by atoms with Gasteiger partial charge in [0.05, 0.1) is 24.7 Å². The van der Waals surface area contributed by atoms with Gasteiger partial charge in [0.15, 0.2) is 0 Å². The number of piperidine rings is 1. The Kier molecular flexibility index (Phi) is 4.99. The zero-order chi connectivity index (χ0) is 14.6. The minimum Gasteiger partial charge on any atom is -0.481 e. The number of rotatable bonds is 5. The van der Waals surface area contributed by atoms with Crippen LogP contribution in [-0.4, -0.2) is 49.3 Å². The van der Waals surface area contributed by atoms with Crippen LogP contribution in [0.3, 0.4) is 0 Å². The molecule has 2 rings (SSSR count). The smallest absolute Gasteiger partial charge is 0.311 e. The van der Waals surface area contributed by atoms with Crippen LogP contribution in [0.15, 0.2) is 0 Å². The van der Waals surface area contributed by atoms with Crippen molar-refractivity contribution in [3.63, 3.8) is 0 Å². The molecule has 0 aromatic rings. The molecule has 0 bridgehead atoms. The highest BCUT2D eigenvalue weighted by Crippen LogP contribution is 2.34. The van der Waals surface area contributed by atoms with Gasteiger partial charge in [-0.1, -0.05) is 13.3 Å². The maximum atomic E-state index is 12.6. The summed E-state index contributed by atoms with van der Waals surface area (Å²) < 4.78 is 5.20. The Balaban J connectivity index is 2.03. The Hall–Kier alpha value is -1.14. The van der Waals surface area contributed by atoms with E-state index in [1.54, 1.807) is 0 Å². The second kappa shape index (κ2) is 6.54. The predicted molar refractivity (Wildman–Crippen MR) is 73.3 cm³/mol. The summed E-state index contributed by atoms with van der Waals surface area (Å²) in [5, 5.41) is 15.3. The lowest BCUT2D eigenvalue weighted by molar-refractivity contribution is -0.142. The highest BCUT2D eigenvalue weighted by Gasteiger charge is 2.42. The number of nitrogens with one attached hydrogen (secondary N) is 2. The molecule has 2 saturated heterocycles. The van der Waals surface area contributed by atoms with Gasteiger partial charge in [0, 0.05) is 0 Å². The third-order valence-electron chi connectivity index (χ3n) is 4.49. The van der Waals surface area contributed by atoms with E-state index in [0.717, 1.165) is 38.8 Å². The summed E-state index contributed by atoms with van der Waals surface area (Å²) in [5.74, 6) is -1.52. The van der Waals surface area contributed by atoms with Crippen LogP contribution in [0.25, 0.3) is 0 Å². The summed E-state index contributed by atoms with van der Waals surface area (Å²) in [6.07, 6.45) is 3.44. The molecule has 0 aliphatic carbocycles. The normalized spacial score (nSPS) is 29.1. The number of aliphatic carboxylic acids is 1. The lowest BCUT2D eigenvalue weighted by Crippen LogP contribution is -2.52. The first-order valence-corrected chi connectivity index (χ1v) is 7.41. The Morgan fingerprint density at radius 3 is 2.65 bits per heavy atom. The molecule has 20 heavy (non-hydrogen) atoms. The van der Waals surface area contributed by atoms with E-state index in [2.05, 4.69) is 17.6 Å². The van der Waals surface area contributed by atoms with Crippen molar-refractivity contribution in [2.75, 3.05) is 26.3 Å². The van der Waals surface area contributed by atoms with Crippen LogP contribution in [0.2, 0.25) is 0 Å². The highest BCUT2D eigenvalue weighted by atomic mass is 16.5. The average Bonchev–Trinajstić information content (AvgIpc) is 2.88. The predicted octanol–water partition coefficient (Wildman–Crippen LogP) is 0.372. The summed E-state index contributed by atoms with van der Waals surface area (Å²) in [6.45, 7) is 4.25. The monoisotopic (exact) mass is 284 g/mol. The van der Waals surface area contributed by atoms with Crippen molar-refractivity contribution in [3.05, 3.63) is 0 Å². The topological polar surface area (TPSA) is 87.7 Å². The molecule has 0 saturated carbocycles. The van der Waals surface area contributed by atoms with E-state index in [1.165, 1.54) is 0 Å². The lowest BCUT2D eigenvalue weighted by Gasteiger charge is -2.37. The summed E-state index contributed by atoms with van der Waals surface area (Å²) >= 11 is 0. The molecule has 114 valence electrons. The maximum absolute atomic E-state index is 12.6. The Labute approximate surface area is 119 Å². The van der Waals surface area contributed by atoms with Gasteiger partial charge in [0.2, 0.25) is 5.91 Å². The Bertz CT molecular complexity index is 361. The summed E-state index contributed by atoms with van der Waals surface area (Å²) in [7, 11) is 0. The van der Waals surface area contributed by atoms with Crippen molar-refractivity contribution in [1.82, 2.24) is 10.6 Å². The van der Waals surface area contributed by atoms with Crippen LogP contribution in [0.4, 0.5) is 0 Å².